The van der Waals surface area contributed by atoms with Crippen LogP contribution in [0.4, 0.5) is 0 Å². The van der Waals surface area contributed by atoms with Gasteiger partial charge in [-0.25, -0.2) is 5.43 Å². The van der Waals surface area contributed by atoms with Gasteiger partial charge in [0.05, 0.1) is 12.6 Å². The van der Waals surface area contributed by atoms with Crippen LogP contribution in [0.5, 0.6) is 11.5 Å². The molecule has 0 aliphatic carbocycles. The molecule has 2 unspecified atom stereocenters. The summed E-state index contributed by atoms with van der Waals surface area (Å²) in [5.74, 6) is 7.76. The van der Waals surface area contributed by atoms with Crippen LogP contribution in [-0.2, 0) is 12.8 Å². The molecule has 2 atom stereocenters. The van der Waals surface area contributed by atoms with Crippen LogP contribution < -0.4 is 20.7 Å². The van der Waals surface area contributed by atoms with Gasteiger partial charge in [-0.3, -0.25) is 5.84 Å². The van der Waals surface area contributed by atoms with E-state index >= 15 is 0 Å². The van der Waals surface area contributed by atoms with E-state index in [0.717, 1.165) is 36.5 Å². The number of benzene rings is 2. The van der Waals surface area contributed by atoms with Gasteiger partial charge in [0.2, 0.25) is 0 Å². The Hall–Kier alpha value is -2.04. The van der Waals surface area contributed by atoms with Crippen molar-refractivity contribution < 1.29 is 9.47 Å². The van der Waals surface area contributed by atoms with Crippen LogP contribution in [0.15, 0.2) is 42.5 Å². The minimum absolute atomic E-state index is 0.0211. The van der Waals surface area contributed by atoms with Crippen molar-refractivity contribution in [3.05, 3.63) is 59.2 Å². The first-order valence-electron chi connectivity index (χ1n) is 7.31. The van der Waals surface area contributed by atoms with Crippen LogP contribution in [0.1, 0.15) is 22.7 Å². The lowest BCUT2D eigenvalue weighted by molar-refractivity contribution is 0.179. The van der Waals surface area contributed by atoms with E-state index in [-0.39, 0.29) is 12.1 Å². The smallest absolute Gasteiger partial charge is 0.124 e. The summed E-state index contributed by atoms with van der Waals surface area (Å²) in [6.45, 7) is 0.769. The van der Waals surface area contributed by atoms with Crippen LogP contribution in [0, 0.1) is 0 Å². The second-order valence-electron chi connectivity index (χ2n) is 5.58. The molecule has 108 valence electrons. The molecule has 2 heterocycles. The highest BCUT2D eigenvalue weighted by atomic mass is 16.5. The number of para-hydroxylation sites is 1. The van der Waals surface area contributed by atoms with E-state index in [9.17, 15) is 0 Å². The summed E-state index contributed by atoms with van der Waals surface area (Å²) in [4.78, 5) is 0. The van der Waals surface area contributed by atoms with Gasteiger partial charge >= 0.3 is 0 Å². The van der Waals surface area contributed by atoms with Gasteiger partial charge in [0, 0.05) is 12.8 Å². The molecule has 3 N–H and O–H groups in total. The van der Waals surface area contributed by atoms with E-state index in [1.54, 1.807) is 0 Å². The van der Waals surface area contributed by atoms with Crippen LogP contribution >= 0.6 is 0 Å². The fraction of sp³-hybridized carbons (Fsp3) is 0.294. The van der Waals surface area contributed by atoms with E-state index in [2.05, 4.69) is 23.6 Å². The van der Waals surface area contributed by atoms with Crippen molar-refractivity contribution in [1.29, 1.82) is 0 Å². The molecule has 0 spiro atoms. The molecule has 4 nitrogen and oxygen atoms in total. The lowest BCUT2D eigenvalue weighted by Gasteiger charge is -2.23. The van der Waals surface area contributed by atoms with Gasteiger partial charge in [-0.15, -0.1) is 0 Å². The molecule has 0 radical (unpaired) electrons. The van der Waals surface area contributed by atoms with Gasteiger partial charge in [-0.05, 0) is 28.8 Å². The van der Waals surface area contributed by atoms with E-state index in [1.807, 2.05) is 24.3 Å². The van der Waals surface area contributed by atoms with E-state index in [4.69, 9.17) is 15.3 Å². The molecule has 2 aliphatic heterocycles. The van der Waals surface area contributed by atoms with Gasteiger partial charge in [-0.2, -0.15) is 0 Å². The van der Waals surface area contributed by atoms with Gasteiger partial charge in [0.15, 0.2) is 0 Å². The summed E-state index contributed by atoms with van der Waals surface area (Å²) in [7, 11) is 0. The summed E-state index contributed by atoms with van der Waals surface area (Å²) in [5, 5.41) is 0. The number of hydrazine groups is 1. The highest BCUT2D eigenvalue weighted by Gasteiger charge is 2.31. The normalized spacial score (nSPS) is 20.3. The van der Waals surface area contributed by atoms with Crippen molar-refractivity contribution in [2.75, 3.05) is 6.61 Å². The van der Waals surface area contributed by atoms with Gasteiger partial charge in [0.25, 0.3) is 0 Å². The number of hydrogen-bond acceptors (Lipinski definition) is 4. The molecular weight excluding hydrogens is 264 g/mol. The second kappa shape index (κ2) is 5.06. The number of ether oxygens (including phenoxy) is 2. The number of rotatable bonds is 3. The van der Waals surface area contributed by atoms with E-state index in [1.165, 1.54) is 11.1 Å². The Labute approximate surface area is 123 Å². The maximum Gasteiger partial charge on any atom is 0.124 e. The molecule has 0 bridgehead atoms. The zero-order chi connectivity index (χ0) is 14.2. The summed E-state index contributed by atoms with van der Waals surface area (Å²) in [5.41, 5.74) is 6.57. The third-order valence-corrected chi connectivity index (χ3v) is 4.30. The predicted octanol–water partition coefficient (Wildman–Crippen LogP) is 2.13. The average molecular weight is 282 g/mol. The highest BCUT2D eigenvalue weighted by Crippen LogP contribution is 2.35. The predicted molar refractivity (Wildman–Crippen MR) is 80.3 cm³/mol. The molecule has 0 saturated carbocycles. The summed E-state index contributed by atoms with van der Waals surface area (Å²) in [6, 6.07) is 14.4. The Morgan fingerprint density at radius 1 is 1.10 bits per heavy atom. The molecule has 4 rings (SSSR count). The maximum absolute atomic E-state index is 6.06. The average Bonchev–Trinajstić information content (AvgIpc) is 3.13. The molecular formula is C17H18N2O2. The molecule has 0 saturated heterocycles. The van der Waals surface area contributed by atoms with Crippen LogP contribution in [0.3, 0.4) is 0 Å². The lowest BCUT2D eigenvalue weighted by atomic mass is 9.96. The Kier molecular flexibility index (Phi) is 3.05. The van der Waals surface area contributed by atoms with Gasteiger partial charge in [-0.1, -0.05) is 30.3 Å². The van der Waals surface area contributed by atoms with Crippen molar-refractivity contribution in [3.8, 4) is 11.5 Å². The van der Waals surface area contributed by atoms with Crippen molar-refractivity contribution >= 4 is 0 Å². The number of hydrogen-bond donors (Lipinski definition) is 2. The zero-order valence-corrected chi connectivity index (χ0v) is 11.7. The molecule has 4 heteroatoms. The summed E-state index contributed by atoms with van der Waals surface area (Å²) < 4.78 is 11.6. The van der Waals surface area contributed by atoms with Crippen LogP contribution in [0.2, 0.25) is 0 Å². The fourth-order valence-corrected chi connectivity index (χ4v) is 3.21. The molecule has 0 fully saturated rings. The molecule has 21 heavy (non-hydrogen) atoms. The van der Waals surface area contributed by atoms with Crippen molar-refractivity contribution in [2.24, 2.45) is 5.84 Å². The Bertz CT molecular complexity index is 647. The number of nitrogens with one attached hydrogen (secondary N) is 1. The highest BCUT2D eigenvalue weighted by molar-refractivity contribution is 5.43. The Morgan fingerprint density at radius 3 is 2.86 bits per heavy atom. The Morgan fingerprint density at radius 2 is 2.00 bits per heavy atom. The lowest BCUT2D eigenvalue weighted by Crippen LogP contribution is -2.38. The van der Waals surface area contributed by atoms with Gasteiger partial charge < -0.3 is 9.47 Å². The minimum atomic E-state index is -0.0247. The number of nitrogens with two attached hydrogens (primary N) is 1. The first-order chi connectivity index (χ1) is 10.3. The monoisotopic (exact) mass is 282 g/mol. The quantitative estimate of drug-likeness (QED) is 0.669. The van der Waals surface area contributed by atoms with Crippen molar-refractivity contribution in [2.45, 2.75) is 25.0 Å². The molecule has 2 aromatic rings. The SMILES string of the molecule is NNC(c1ccc2c(c1)CCO2)C1Cc2ccccc2O1. The van der Waals surface area contributed by atoms with Crippen LogP contribution in [0.25, 0.3) is 0 Å². The number of fused-ring (bicyclic) bond motifs is 2. The molecule has 2 aliphatic rings. The molecule has 0 aromatic heterocycles. The summed E-state index contributed by atoms with van der Waals surface area (Å²) >= 11 is 0. The third-order valence-electron chi connectivity index (χ3n) is 4.30. The fourth-order valence-electron chi connectivity index (χ4n) is 3.21. The van der Waals surface area contributed by atoms with E-state index < -0.39 is 0 Å². The summed E-state index contributed by atoms with van der Waals surface area (Å²) in [6.07, 6.45) is 1.86. The third kappa shape index (κ3) is 2.17. The zero-order valence-electron chi connectivity index (χ0n) is 11.7. The van der Waals surface area contributed by atoms with E-state index in [0.29, 0.717) is 0 Å². The second-order valence-corrected chi connectivity index (χ2v) is 5.58. The maximum atomic E-state index is 6.06. The molecule has 2 aromatic carbocycles. The van der Waals surface area contributed by atoms with Crippen LogP contribution in [-0.4, -0.2) is 12.7 Å². The Balaban J connectivity index is 1.61. The van der Waals surface area contributed by atoms with Gasteiger partial charge in [0.1, 0.15) is 17.6 Å². The minimum Gasteiger partial charge on any atom is -0.493 e. The van der Waals surface area contributed by atoms with Crippen molar-refractivity contribution in [3.63, 3.8) is 0 Å². The largest absolute Gasteiger partial charge is 0.493 e. The first-order valence-corrected chi connectivity index (χ1v) is 7.31. The molecule has 0 amide bonds. The standard InChI is InChI=1S/C17H18N2O2/c18-19-17(13-5-6-14-12(9-13)7-8-20-14)16-10-11-3-1-2-4-15(11)21-16/h1-6,9,16-17,19H,7-8,10,18H2. The first kappa shape index (κ1) is 12.7. The van der Waals surface area contributed by atoms with Crippen molar-refractivity contribution in [1.82, 2.24) is 5.43 Å². The topological polar surface area (TPSA) is 56.5 Å².